The summed E-state index contributed by atoms with van der Waals surface area (Å²) in [6, 6.07) is 6.34. The van der Waals surface area contributed by atoms with Crippen LogP contribution < -0.4 is 10.2 Å². The lowest BCUT2D eigenvalue weighted by Crippen LogP contribution is -2.33. The van der Waals surface area contributed by atoms with E-state index in [9.17, 15) is 13.6 Å². The van der Waals surface area contributed by atoms with Gasteiger partial charge in [0, 0.05) is 25.2 Å². The molecule has 1 aliphatic heterocycles. The number of carbonyl (C=O) groups excluding carboxylic acids is 1. The lowest BCUT2D eigenvalue weighted by molar-refractivity contribution is -0.117. The van der Waals surface area contributed by atoms with Crippen molar-refractivity contribution in [3.63, 3.8) is 0 Å². The van der Waals surface area contributed by atoms with Crippen LogP contribution in [-0.4, -0.2) is 38.2 Å². The molecule has 9 heteroatoms. The van der Waals surface area contributed by atoms with Gasteiger partial charge in [-0.2, -0.15) is 5.10 Å². The first-order chi connectivity index (χ1) is 12.5. The molecule has 26 heavy (non-hydrogen) atoms. The second-order valence-corrected chi connectivity index (χ2v) is 6.10. The minimum atomic E-state index is -2.79. The van der Waals surface area contributed by atoms with E-state index >= 15 is 0 Å². The van der Waals surface area contributed by atoms with Crippen LogP contribution in [0.25, 0.3) is 10.9 Å². The fraction of sp³-hybridized carbons (Fsp3) is 0.294. The number of anilines is 2. The molecule has 2 aromatic heterocycles. The van der Waals surface area contributed by atoms with Gasteiger partial charge in [0.15, 0.2) is 5.82 Å². The Morgan fingerprint density at radius 2 is 2.08 bits per heavy atom. The summed E-state index contributed by atoms with van der Waals surface area (Å²) < 4.78 is 27.8. The largest absolute Gasteiger partial charge is 0.358 e. The maximum Gasteiger partial charge on any atom is 0.297 e. The van der Waals surface area contributed by atoms with Crippen LogP contribution in [0, 0.1) is 0 Å². The number of halogens is 2. The Bertz CT molecular complexity index is 973. The van der Waals surface area contributed by atoms with Crippen molar-refractivity contribution < 1.29 is 13.6 Å². The number of aromatic nitrogens is 4. The van der Waals surface area contributed by atoms with Gasteiger partial charge in [0.1, 0.15) is 11.9 Å². The molecule has 1 saturated heterocycles. The molecular weight excluding hydrogens is 342 g/mol. The predicted octanol–water partition coefficient (Wildman–Crippen LogP) is 2.52. The summed E-state index contributed by atoms with van der Waals surface area (Å²) in [6.07, 6.45) is 1.13. The maximum atomic E-state index is 13.1. The Kier molecular flexibility index (Phi) is 3.98. The molecule has 1 fully saturated rings. The quantitative estimate of drug-likeness (QED) is 0.776. The fourth-order valence-corrected chi connectivity index (χ4v) is 3.09. The van der Waals surface area contributed by atoms with Crippen LogP contribution in [0.2, 0.25) is 0 Å². The maximum absolute atomic E-state index is 13.1. The Morgan fingerprint density at radius 1 is 1.27 bits per heavy atom. The number of carbonyl (C=O) groups is 1. The minimum Gasteiger partial charge on any atom is -0.358 e. The van der Waals surface area contributed by atoms with Crippen LogP contribution in [-0.2, 0) is 11.8 Å². The summed E-state index contributed by atoms with van der Waals surface area (Å²) in [5.74, 6) is -0.447. The Balaban J connectivity index is 1.64. The van der Waals surface area contributed by atoms with E-state index in [0.29, 0.717) is 29.6 Å². The highest BCUT2D eigenvalue weighted by Gasteiger charge is 2.34. The molecule has 0 spiro atoms. The zero-order valence-electron chi connectivity index (χ0n) is 13.9. The van der Waals surface area contributed by atoms with Crippen LogP contribution in [0.3, 0.4) is 0 Å². The van der Waals surface area contributed by atoms with Crippen LogP contribution in [0.15, 0.2) is 36.7 Å². The standard InChI is InChI=1S/C17H16F2N6O/c1-24-9-10(8-20-24)25-7-6-13(17(25)26)22-15-11-4-2-3-5-12(11)21-16(23-15)14(18)19/h2-5,8-9,13-14H,6-7H2,1H3,(H,21,22,23). The van der Waals surface area contributed by atoms with Gasteiger partial charge in [-0.1, -0.05) is 12.1 Å². The first-order valence-electron chi connectivity index (χ1n) is 8.14. The summed E-state index contributed by atoms with van der Waals surface area (Å²) in [4.78, 5) is 22.2. The van der Waals surface area contributed by atoms with Crippen molar-refractivity contribution in [2.24, 2.45) is 7.05 Å². The van der Waals surface area contributed by atoms with Crippen LogP contribution in [0.4, 0.5) is 20.3 Å². The summed E-state index contributed by atoms with van der Waals surface area (Å²) in [6.45, 7) is 0.521. The third-order valence-electron chi connectivity index (χ3n) is 4.34. The van der Waals surface area contributed by atoms with Gasteiger partial charge in [-0.05, 0) is 18.6 Å². The van der Waals surface area contributed by atoms with E-state index in [0.717, 1.165) is 0 Å². The molecule has 1 unspecified atom stereocenters. The van der Waals surface area contributed by atoms with Gasteiger partial charge in [-0.25, -0.2) is 18.7 Å². The van der Waals surface area contributed by atoms with Crippen molar-refractivity contribution in [2.75, 3.05) is 16.8 Å². The summed E-state index contributed by atoms with van der Waals surface area (Å²) >= 11 is 0. The van der Waals surface area contributed by atoms with Crippen molar-refractivity contribution in [2.45, 2.75) is 18.9 Å². The number of benzene rings is 1. The minimum absolute atomic E-state index is 0.140. The van der Waals surface area contributed by atoms with Crippen molar-refractivity contribution in [3.05, 3.63) is 42.5 Å². The van der Waals surface area contributed by atoms with E-state index in [1.165, 1.54) is 0 Å². The number of fused-ring (bicyclic) bond motifs is 1. The highest BCUT2D eigenvalue weighted by molar-refractivity contribution is 6.02. The smallest absolute Gasteiger partial charge is 0.297 e. The first kappa shape index (κ1) is 16.4. The number of para-hydroxylation sites is 1. The number of amides is 1. The second kappa shape index (κ2) is 6.32. The molecule has 0 saturated carbocycles. The summed E-state index contributed by atoms with van der Waals surface area (Å²) in [5.41, 5.74) is 1.12. The average molecular weight is 358 g/mol. The molecule has 0 radical (unpaired) electrons. The zero-order valence-corrected chi connectivity index (χ0v) is 13.9. The number of aryl methyl sites for hydroxylation is 1. The summed E-state index contributed by atoms with van der Waals surface area (Å²) in [5, 5.41) is 7.71. The van der Waals surface area contributed by atoms with E-state index in [1.807, 2.05) is 0 Å². The Morgan fingerprint density at radius 3 is 2.81 bits per heavy atom. The topological polar surface area (TPSA) is 75.9 Å². The molecule has 1 aromatic carbocycles. The normalized spacial score (nSPS) is 17.5. The van der Waals surface area contributed by atoms with E-state index in [-0.39, 0.29) is 11.7 Å². The Hall–Kier alpha value is -3.10. The number of nitrogens with one attached hydrogen (secondary N) is 1. The van der Waals surface area contributed by atoms with Gasteiger partial charge in [0.05, 0.1) is 17.4 Å². The second-order valence-electron chi connectivity index (χ2n) is 6.10. The van der Waals surface area contributed by atoms with Crippen molar-refractivity contribution in [1.82, 2.24) is 19.7 Å². The molecular formula is C17H16F2N6O. The molecule has 134 valence electrons. The number of hydrogen-bond acceptors (Lipinski definition) is 5. The van der Waals surface area contributed by atoms with Crippen LogP contribution >= 0.6 is 0 Å². The van der Waals surface area contributed by atoms with Crippen molar-refractivity contribution in [3.8, 4) is 0 Å². The lowest BCUT2D eigenvalue weighted by Gasteiger charge is -2.16. The molecule has 1 N–H and O–H groups in total. The lowest BCUT2D eigenvalue weighted by atomic mass is 10.2. The molecule has 1 atom stereocenters. The van der Waals surface area contributed by atoms with Crippen LogP contribution in [0.1, 0.15) is 18.7 Å². The van der Waals surface area contributed by atoms with Crippen molar-refractivity contribution in [1.29, 1.82) is 0 Å². The highest BCUT2D eigenvalue weighted by atomic mass is 19.3. The number of hydrogen-bond donors (Lipinski definition) is 1. The Labute approximate surface area is 147 Å². The van der Waals surface area contributed by atoms with E-state index in [2.05, 4.69) is 20.4 Å². The number of nitrogens with zero attached hydrogens (tertiary/aromatic N) is 5. The number of alkyl halides is 2. The van der Waals surface area contributed by atoms with E-state index in [1.54, 1.807) is 53.3 Å². The van der Waals surface area contributed by atoms with Gasteiger partial charge in [-0.3, -0.25) is 9.48 Å². The number of rotatable bonds is 4. The summed E-state index contributed by atoms with van der Waals surface area (Å²) in [7, 11) is 1.78. The molecule has 1 amide bonds. The predicted molar refractivity (Wildman–Crippen MR) is 92.1 cm³/mol. The highest BCUT2D eigenvalue weighted by Crippen LogP contribution is 2.27. The SMILES string of the molecule is Cn1cc(N2CCC(Nc3nc(C(F)F)nc4ccccc34)C2=O)cn1. The van der Waals surface area contributed by atoms with E-state index in [4.69, 9.17) is 0 Å². The first-order valence-corrected chi connectivity index (χ1v) is 8.14. The molecule has 3 aromatic rings. The van der Waals surface area contributed by atoms with Gasteiger partial charge < -0.3 is 10.2 Å². The van der Waals surface area contributed by atoms with Gasteiger partial charge >= 0.3 is 0 Å². The van der Waals surface area contributed by atoms with Crippen LogP contribution in [0.5, 0.6) is 0 Å². The molecule has 7 nitrogen and oxygen atoms in total. The average Bonchev–Trinajstić information content (AvgIpc) is 3.21. The molecule has 0 bridgehead atoms. The molecule has 3 heterocycles. The third kappa shape index (κ3) is 2.85. The molecule has 1 aliphatic rings. The van der Waals surface area contributed by atoms with Gasteiger partial charge in [0.25, 0.3) is 6.43 Å². The fourth-order valence-electron chi connectivity index (χ4n) is 3.09. The molecule has 0 aliphatic carbocycles. The van der Waals surface area contributed by atoms with E-state index < -0.39 is 18.3 Å². The van der Waals surface area contributed by atoms with Gasteiger partial charge in [0.2, 0.25) is 5.91 Å². The molecule has 4 rings (SSSR count). The van der Waals surface area contributed by atoms with Crippen molar-refractivity contribution >= 4 is 28.3 Å². The zero-order chi connectivity index (χ0) is 18.3. The van der Waals surface area contributed by atoms with Gasteiger partial charge in [-0.15, -0.1) is 0 Å². The monoisotopic (exact) mass is 358 g/mol. The third-order valence-corrected chi connectivity index (χ3v) is 4.34.